The Bertz CT molecular complexity index is 685. The van der Waals surface area contributed by atoms with Gasteiger partial charge >= 0.3 is 0 Å². The predicted molar refractivity (Wildman–Crippen MR) is 96.3 cm³/mol. The molecule has 25 heavy (non-hydrogen) atoms. The molecular weight excluding hydrogens is 342 g/mol. The zero-order valence-corrected chi connectivity index (χ0v) is 15.7. The van der Waals surface area contributed by atoms with Gasteiger partial charge in [-0.15, -0.1) is 0 Å². The summed E-state index contributed by atoms with van der Waals surface area (Å²) < 4.78 is 32.8. The highest BCUT2D eigenvalue weighted by molar-refractivity contribution is 7.89. The maximum atomic E-state index is 12.5. The van der Waals surface area contributed by atoms with Gasteiger partial charge in [-0.1, -0.05) is 6.07 Å². The van der Waals surface area contributed by atoms with Gasteiger partial charge in [-0.25, -0.2) is 13.1 Å². The number of amides is 1. The summed E-state index contributed by atoms with van der Waals surface area (Å²) in [5.74, 6) is -0.260. The molecule has 1 saturated heterocycles. The lowest BCUT2D eigenvalue weighted by Gasteiger charge is -2.26. The van der Waals surface area contributed by atoms with Gasteiger partial charge in [-0.05, 0) is 44.5 Å². The van der Waals surface area contributed by atoms with Crippen LogP contribution in [0.5, 0.6) is 0 Å². The Morgan fingerprint density at radius 1 is 1.28 bits per heavy atom. The third kappa shape index (κ3) is 5.78. The van der Waals surface area contributed by atoms with Crippen molar-refractivity contribution < 1.29 is 17.9 Å². The molecule has 1 aliphatic heterocycles. The third-order valence-corrected chi connectivity index (χ3v) is 5.61. The summed E-state index contributed by atoms with van der Waals surface area (Å²) in [6, 6.07) is 4.62. The Labute approximate surface area is 149 Å². The van der Waals surface area contributed by atoms with E-state index in [1.807, 2.05) is 6.92 Å². The first-order valence-electron chi connectivity index (χ1n) is 8.62. The Morgan fingerprint density at radius 3 is 2.68 bits per heavy atom. The number of hydrogen-bond acceptors (Lipinski definition) is 5. The number of nitrogens with one attached hydrogen (secondary N) is 2. The molecule has 1 aliphatic rings. The van der Waals surface area contributed by atoms with Crippen LogP contribution in [0.25, 0.3) is 0 Å². The smallest absolute Gasteiger partial charge is 0.251 e. The van der Waals surface area contributed by atoms with Gasteiger partial charge in [0.05, 0.1) is 18.1 Å². The van der Waals surface area contributed by atoms with Gasteiger partial charge in [0.25, 0.3) is 5.91 Å². The monoisotopic (exact) mass is 369 g/mol. The number of carbonyl (C=O) groups excluding carboxylic acids is 1. The highest BCUT2D eigenvalue weighted by atomic mass is 32.2. The first-order valence-corrected chi connectivity index (χ1v) is 10.1. The van der Waals surface area contributed by atoms with Crippen molar-refractivity contribution in [2.24, 2.45) is 0 Å². The van der Waals surface area contributed by atoms with Crippen LogP contribution in [0.4, 0.5) is 0 Å². The number of nitrogens with zero attached hydrogens (tertiary/aromatic N) is 1. The molecule has 0 atom stereocenters. The molecule has 0 aromatic heterocycles. The van der Waals surface area contributed by atoms with E-state index >= 15 is 0 Å². The van der Waals surface area contributed by atoms with Crippen LogP contribution in [-0.2, 0) is 14.8 Å². The van der Waals surface area contributed by atoms with Gasteiger partial charge in [0, 0.05) is 31.7 Å². The first-order chi connectivity index (χ1) is 11.9. The number of morpholine rings is 1. The van der Waals surface area contributed by atoms with Crippen LogP contribution < -0.4 is 10.0 Å². The van der Waals surface area contributed by atoms with Crippen LogP contribution in [0.15, 0.2) is 23.1 Å². The summed E-state index contributed by atoms with van der Waals surface area (Å²) >= 11 is 0. The Morgan fingerprint density at radius 2 is 2.00 bits per heavy atom. The molecule has 8 heteroatoms. The van der Waals surface area contributed by atoms with E-state index in [0.717, 1.165) is 44.8 Å². The van der Waals surface area contributed by atoms with Crippen LogP contribution in [0.2, 0.25) is 0 Å². The summed E-state index contributed by atoms with van der Waals surface area (Å²) in [6.45, 7) is 8.56. The molecule has 0 spiro atoms. The van der Waals surface area contributed by atoms with E-state index in [9.17, 15) is 13.2 Å². The molecule has 1 fully saturated rings. The zero-order valence-electron chi connectivity index (χ0n) is 14.9. The average molecular weight is 369 g/mol. The van der Waals surface area contributed by atoms with Gasteiger partial charge in [-0.2, -0.15) is 0 Å². The van der Waals surface area contributed by atoms with Crippen molar-refractivity contribution in [3.05, 3.63) is 29.3 Å². The lowest BCUT2D eigenvalue weighted by atomic mass is 10.1. The molecule has 1 aromatic rings. The van der Waals surface area contributed by atoms with E-state index < -0.39 is 10.0 Å². The van der Waals surface area contributed by atoms with Gasteiger partial charge in [0.2, 0.25) is 10.0 Å². The van der Waals surface area contributed by atoms with Crippen molar-refractivity contribution in [3.8, 4) is 0 Å². The summed E-state index contributed by atoms with van der Waals surface area (Å²) in [4.78, 5) is 14.4. The first kappa shape index (κ1) is 19.8. The zero-order chi connectivity index (χ0) is 18.3. The third-order valence-electron chi connectivity index (χ3n) is 4.15. The molecular formula is C17H27N3O4S. The van der Waals surface area contributed by atoms with Crippen LogP contribution in [0.3, 0.4) is 0 Å². The van der Waals surface area contributed by atoms with Gasteiger partial charge in [0.15, 0.2) is 0 Å². The fourth-order valence-corrected chi connectivity index (χ4v) is 3.79. The fraction of sp³-hybridized carbons (Fsp3) is 0.588. The molecule has 7 nitrogen and oxygen atoms in total. The number of sulfonamides is 1. The van der Waals surface area contributed by atoms with Crippen LogP contribution in [0, 0.1) is 6.92 Å². The molecule has 1 amide bonds. The van der Waals surface area contributed by atoms with Crippen LogP contribution >= 0.6 is 0 Å². The van der Waals surface area contributed by atoms with Gasteiger partial charge < -0.3 is 10.1 Å². The summed E-state index contributed by atoms with van der Waals surface area (Å²) in [7, 11) is -3.62. The molecule has 2 rings (SSSR count). The van der Waals surface area contributed by atoms with E-state index in [-0.39, 0.29) is 10.8 Å². The van der Waals surface area contributed by atoms with Crippen molar-refractivity contribution in [2.45, 2.75) is 25.2 Å². The van der Waals surface area contributed by atoms with Crippen molar-refractivity contribution in [2.75, 3.05) is 45.9 Å². The predicted octanol–water partition coefficient (Wildman–Crippen LogP) is 0.745. The number of benzene rings is 1. The minimum atomic E-state index is -3.62. The molecule has 0 saturated carbocycles. The normalized spacial score (nSPS) is 15.9. The van der Waals surface area contributed by atoms with Gasteiger partial charge in [-0.3, -0.25) is 9.69 Å². The summed E-state index contributed by atoms with van der Waals surface area (Å²) in [6.07, 6.45) is 0.730. The van der Waals surface area contributed by atoms with Crippen molar-refractivity contribution in [1.82, 2.24) is 14.9 Å². The fourth-order valence-electron chi connectivity index (χ4n) is 2.69. The number of ether oxygens (including phenoxy) is 1. The van der Waals surface area contributed by atoms with Crippen molar-refractivity contribution in [1.29, 1.82) is 0 Å². The topological polar surface area (TPSA) is 87.7 Å². The second-order valence-corrected chi connectivity index (χ2v) is 7.81. The minimum Gasteiger partial charge on any atom is -0.379 e. The number of carbonyl (C=O) groups is 1. The second kappa shape index (κ2) is 9.28. The second-order valence-electron chi connectivity index (χ2n) is 6.04. The Hall–Kier alpha value is -1.48. The van der Waals surface area contributed by atoms with Crippen molar-refractivity contribution >= 4 is 15.9 Å². The maximum Gasteiger partial charge on any atom is 0.251 e. The molecule has 0 radical (unpaired) electrons. The molecule has 140 valence electrons. The van der Waals surface area contributed by atoms with E-state index in [1.165, 1.54) is 12.1 Å². The van der Waals surface area contributed by atoms with E-state index in [1.54, 1.807) is 13.0 Å². The molecule has 1 aromatic carbocycles. The van der Waals surface area contributed by atoms with Crippen molar-refractivity contribution in [3.63, 3.8) is 0 Å². The highest BCUT2D eigenvalue weighted by Gasteiger charge is 2.18. The SMILES string of the molecule is CCNC(=O)c1cc(S(=O)(=O)NCCCN2CCOCC2)ccc1C. The maximum absolute atomic E-state index is 12.5. The quantitative estimate of drug-likeness (QED) is 0.660. The largest absolute Gasteiger partial charge is 0.379 e. The summed E-state index contributed by atoms with van der Waals surface area (Å²) in [5.41, 5.74) is 1.13. The Balaban J connectivity index is 1.94. The van der Waals surface area contributed by atoms with E-state index in [4.69, 9.17) is 4.74 Å². The average Bonchev–Trinajstić information content (AvgIpc) is 2.60. The molecule has 0 aliphatic carbocycles. The van der Waals surface area contributed by atoms with Crippen LogP contribution in [0.1, 0.15) is 29.3 Å². The standard InChI is InChI=1S/C17H27N3O4S/c1-3-18-17(21)16-13-15(6-5-14(16)2)25(22,23)19-7-4-8-20-9-11-24-12-10-20/h5-6,13,19H,3-4,7-12H2,1-2H3,(H,18,21). The lowest BCUT2D eigenvalue weighted by Crippen LogP contribution is -2.38. The van der Waals surface area contributed by atoms with Crippen LogP contribution in [-0.4, -0.2) is 65.2 Å². The molecule has 0 unspecified atom stereocenters. The molecule has 2 N–H and O–H groups in total. The Kier molecular flexibility index (Phi) is 7.37. The lowest BCUT2D eigenvalue weighted by molar-refractivity contribution is 0.0376. The highest BCUT2D eigenvalue weighted by Crippen LogP contribution is 2.15. The summed E-state index contributed by atoms with van der Waals surface area (Å²) in [5, 5.41) is 2.70. The minimum absolute atomic E-state index is 0.116. The van der Waals surface area contributed by atoms with E-state index in [2.05, 4.69) is 14.9 Å². The number of aryl methyl sites for hydroxylation is 1. The van der Waals surface area contributed by atoms with Gasteiger partial charge in [0.1, 0.15) is 0 Å². The van der Waals surface area contributed by atoms with E-state index in [0.29, 0.717) is 18.7 Å². The molecule has 0 bridgehead atoms. The molecule has 1 heterocycles. The number of rotatable bonds is 8. The number of hydrogen-bond donors (Lipinski definition) is 2.